The number of unbranched alkanes of at least 4 members (excludes halogenated alkanes) is 1. The summed E-state index contributed by atoms with van der Waals surface area (Å²) >= 11 is 3.89. The van der Waals surface area contributed by atoms with Crippen molar-refractivity contribution in [1.29, 1.82) is 0 Å². The van der Waals surface area contributed by atoms with E-state index in [4.69, 9.17) is 4.18 Å². The van der Waals surface area contributed by atoms with Gasteiger partial charge in [0, 0.05) is 0 Å². The van der Waals surface area contributed by atoms with Gasteiger partial charge in [0.05, 0.1) is 21.1 Å². The van der Waals surface area contributed by atoms with Crippen LogP contribution >= 0.6 is 12.9 Å². The van der Waals surface area contributed by atoms with Crippen LogP contribution in [0.5, 0.6) is 0 Å². The Bertz CT molecular complexity index is 112. The van der Waals surface area contributed by atoms with Crippen LogP contribution in [0.15, 0.2) is 0 Å². The lowest BCUT2D eigenvalue weighted by atomic mass is 10.1. The maximum atomic E-state index is 5.11. The summed E-state index contributed by atoms with van der Waals surface area (Å²) in [4.78, 5) is 0. The second-order valence-electron chi connectivity index (χ2n) is 4.34. The van der Waals surface area contributed by atoms with E-state index in [1.165, 1.54) is 12.8 Å². The van der Waals surface area contributed by atoms with Crippen molar-refractivity contribution < 1.29 is 8.67 Å². The first kappa shape index (κ1) is 12.3. The van der Waals surface area contributed by atoms with Crippen molar-refractivity contribution in [3.63, 3.8) is 0 Å². The van der Waals surface area contributed by atoms with Crippen LogP contribution in [0.25, 0.3) is 0 Å². The number of quaternary nitrogens is 1. The Hall–Kier alpha value is 0.270. The van der Waals surface area contributed by atoms with Crippen molar-refractivity contribution in [1.82, 2.24) is 0 Å². The maximum absolute atomic E-state index is 5.11. The average molecular weight is 192 g/mol. The minimum atomic E-state index is 0.299. The van der Waals surface area contributed by atoms with Crippen LogP contribution in [0.4, 0.5) is 0 Å². The van der Waals surface area contributed by atoms with E-state index in [1.54, 1.807) is 0 Å². The summed E-state index contributed by atoms with van der Waals surface area (Å²) in [6.07, 6.45) is 3.87. The van der Waals surface area contributed by atoms with Gasteiger partial charge in [-0.15, -0.1) is 0 Å². The summed E-state index contributed by atoms with van der Waals surface area (Å²) in [5, 5.41) is 0. The second-order valence-corrected chi connectivity index (χ2v) is 4.55. The predicted octanol–water partition coefficient (Wildman–Crippen LogP) is 2.11. The number of rotatable bonds is 6. The van der Waals surface area contributed by atoms with E-state index in [-0.39, 0.29) is 0 Å². The highest BCUT2D eigenvalue weighted by Crippen LogP contribution is 2.09. The van der Waals surface area contributed by atoms with Crippen molar-refractivity contribution in [2.75, 3.05) is 27.7 Å². The molecular formula is C9H22NOS+. The molecule has 1 unspecified atom stereocenters. The molecule has 0 saturated heterocycles. The van der Waals surface area contributed by atoms with E-state index in [0.717, 1.165) is 17.4 Å². The van der Waals surface area contributed by atoms with Gasteiger partial charge in [0.25, 0.3) is 0 Å². The molecule has 0 aromatic heterocycles. The minimum absolute atomic E-state index is 0.299. The van der Waals surface area contributed by atoms with Crippen LogP contribution < -0.4 is 0 Å². The summed E-state index contributed by atoms with van der Waals surface area (Å²) < 4.78 is 6.05. The molecule has 12 heavy (non-hydrogen) atoms. The molecule has 0 fully saturated rings. The Kier molecular flexibility index (Phi) is 5.97. The van der Waals surface area contributed by atoms with Crippen molar-refractivity contribution in [2.45, 2.75) is 32.3 Å². The largest absolute Gasteiger partial charge is 0.329 e. The number of hydrogen-bond acceptors (Lipinski definition) is 2. The molecule has 0 aliphatic carbocycles. The average Bonchev–Trinajstić information content (AvgIpc) is 1.95. The molecule has 0 spiro atoms. The van der Waals surface area contributed by atoms with Gasteiger partial charge in [-0.05, 0) is 19.3 Å². The third kappa shape index (κ3) is 6.95. The van der Waals surface area contributed by atoms with E-state index in [2.05, 4.69) is 41.0 Å². The molecule has 1 atom stereocenters. The van der Waals surface area contributed by atoms with Crippen molar-refractivity contribution in [2.24, 2.45) is 0 Å². The number of likely N-dealkylation sites (N-methyl/N-ethyl adjacent to an activating group) is 1. The quantitative estimate of drug-likeness (QED) is 0.385. The Morgan fingerprint density at radius 2 is 1.92 bits per heavy atom. The lowest BCUT2D eigenvalue weighted by Crippen LogP contribution is -2.41. The SMILES string of the molecule is CCCCC(C[N+](C)(C)C)OS. The predicted molar refractivity (Wildman–Crippen MR) is 56.3 cm³/mol. The van der Waals surface area contributed by atoms with Gasteiger partial charge in [0.1, 0.15) is 12.6 Å². The first-order valence-corrected chi connectivity index (χ1v) is 4.96. The molecule has 2 nitrogen and oxygen atoms in total. The third-order valence-corrected chi connectivity index (χ3v) is 2.08. The first-order chi connectivity index (χ1) is 5.49. The first-order valence-electron chi connectivity index (χ1n) is 4.60. The number of hydrogen-bond donors (Lipinski definition) is 1. The van der Waals surface area contributed by atoms with E-state index in [9.17, 15) is 0 Å². The summed E-state index contributed by atoms with van der Waals surface area (Å²) in [6, 6.07) is 0. The molecule has 0 amide bonds. The normalized spacial score (nSPS) is 14.8. The van der Waals surface area contributed by atoms with Crippen LogP contribution in [0.3, 0.4) is 0 Å². The van der Waals surface area contributed by atoms with Gasteiger partial charge in [-0.2, -0.15) is 0 Å². The van der Waals surface area contributed by atoms with E-state index < -0.39 is 0 Å². The highest BCUT2D eigenvalue weighted by Gasteiger charge is 2.17. The molecule has 3 heteroatoms. The zero-order valence-corrected chi connectivity index (χ0v) is 9.60. The smallest absolute Gasteiger partial charge is 0.121 e. The van der Waals surface area contributed by atoms with Gasteiger partial charge in [0.15, 0.2) is 0 Å². The van der Waals surface area contributed by atoms with Gasteiger partial charge < -0.3 is 8.67 Å². The molecule has 74 valence electrons. The van der Waals surface area contributed by atoms with Crippen molar-refractivity contribution in [3.8, 4) is 0 Å². The molecule has 0 bridgehead atoms. The Morgan fingerprint density at radius 3 is 2.25 bits per heavy atom. The molecule has 0 radical (unpaired) electrons. The van der Waals surface area contributed by atoms with Gasteiger partial charge in [-0.25, -0.2) is 0 Å². The summed E-state index contributed by atoms with van der Waals surface area (Å²) in [6.45, 7) is 3.23. The zero-order chi connectivity index (χ0) is 9.61. The third-order valence-electron chi connectivity index (χ3n) is 1.78. The summed E-state index contributed by atoms with van der Waals surface area (Å²) in [5.41, 5.74) is 0. The second kappa shape index (κ2) is 5.84. The van der Waals surface area contributed by atoms with Crippen LogP contribution in [0.2, 0.25) is 0 Å². The van der Waals surface area contributed by atoms with Gasteiger partial charge in [-0.3, -0.25) is 0 Å². The fourth-order valence-corrected chi connectivity index (χ4v) is 1.39. The van der Waals surface area contributed by atoms with Gasteiger partial charge in [-0.1, -0.05) is 19.8 Å². The monoisotopic (exact) mass is 192 g/mol. The van der Waals surface area contributed by atoms with Crippen molar-refractivity contribution in [3.05, 3.63) is 0 Å². The molecular weight excluding hydrogens is 170 g/mol. The zero-order valence-electron chi connectivity index (χ0n) is 8.71. The lowest BCUT2D eigenvalue weighted by molar-refractivity contribution is -0.873. The molecule has 0 rings (SSSR count). The molecule has 0 saturated carbocycles. The van der Waals surface area contributed by atoms with Crippen molar-refractivity contribution >= 4 is 12.9 Å². The Balaban J connectivity index is 3.67. The fourth-order valence-electron chi connectivity index (χ4n) is 1.22. The van der Waals surface area contributed by atoms with E-state index in [1.807, 2.05) is 0 Å². The summed E-state index contributed by atoms with van der Waals surface area (Å²) in [5.74, 6) is 0. The Morgan fingerprint density at radius 1 is 1.33 bits per heavy atom. The van der Waals surface area contributed by atoms with Crippen LogP contribution in [-0.2, 0) is 4.18 Å². The highest BCUT2D eigenvalue weighted by atomic mass is 32.1. The topological polar surface area (TPSA) is 9.23 Å². The standard InChI is InChI=1S/C9H21NOS/c1-5-6-7-9(11-12)8-10(2,3)4/h9H,5-8H2,1-4H3/p+1. The molecule has 0 aliphatic heterocycles. The summed E-state index contributed by atoms with van der Waals surface area (Å²) in [7, 11) is 6.52. The van der Waals surface area contributed by atoms with E-state index >= 15 is 0 Å². The fraction of sp³-hybridized carbons (Fsp3) is 1.00. The minimum Gasteiger partial charge on any atom is -0.329 e. The van der Waals surface area contributed by atoms with Crippen LogP contribution in [0, 0.1) is 0 Å². The van der Waals surface area contributed by atoms with Crippen LogP contribution in [-0.4, -0.2) is 38.3 Å². The number of nitrogens with zero attached hydrogens (tertiary/aromatic N) is 1. The highest BCUT2D eigenvalue weighted by molar-refractivity contribution is 7.75. The molecule has 0 N–H and O–H groups in total. The van der Waals surface area contributed by atoms with Gasteiger partial charge in [0.2, 0.25) is 0 Å². The molecule has 0 aliphatic rings. The van der Waals surface area contributed by atoms with Gasteiger partial charge >= 0.3 is 0 Å². The van der Waals surface area contributed by atoms with Crippen LogP contribution in [0.1, 0.15) is 26.2 Å². The number of thiol groups is 1. The maximum Gasteiger partial charge on any atom is 0.121 e. The lowest BCUT2D eigenvalue weighted by Gasteiger charge is -2.27. The molecule has 0 heterocycles. The van der Waals surface area contributed by atoms with E-state index in [0.29, 0.717) is 6.10 Å². The molecule has 0 aromatic carbocycles. The molecule has 0 aromatic rings. The Labute approximate surface area is 82.1 Å².